The summed E-state index contributed by atoms with van der Waals surface area (Å²) in [6.45, 7) is 1.20. The van der Waals surface area contributed by atoms with Crippen LogP contribution < -0.4 is 10.3 Å². The van der Waals surface area contributed by atoms with Gasteiger partial charge in [-0.1, -0.05) is 0 Å². The van der Waals surface area contributed by atoms with E-state index in [0.29, 0.717) is 34.0 Å². The van der Waals surface area contributed by atoms with Gasteiger partial charge in [-0.25, -0.2) is 9.78 Å². The van der Waals surface area contributed by atoms with E-state index in [2.05, 4.69) is 9.97 Å². The number of ether oxygens (including phenoxy) is 3. The molecule has 0 radical (unpaired) electrons. The van der Waals surface area contributed by atoms with Crippen LogP contribution in [0, 0.1) is 0 Å². The van der Waals surface area contributed by atoms with Gasteiger partial charge < -0.3 is 19.2 Å². The number of benzene rings is 1. The number of fused-ring (bicyclic) bond motifs is 1. The van der Waals surface area contributed by atoms with Gasteiger partial charge in [0.1, 0.15) is 29.5 Å². The van der Waals surface area contributed by atoms with E-state index >= 15 is 0 Å². The molecule has 3 aromatic rings. The Hall–Kier alpha value is -2.71. The minimum absolute atomic E-state index is 0.100. The highest BCUT2D eigenvalue weighted by atomic mass is 32.1. The third kappa shape index (κ3) is 4.17. The summed E-state index contributed by atoms with van der Waals surface area (Å²) < 4.78 is 17.0. The van der Waals surface area contributed by atoms with Crippen LogP contribution in [0.3, 0.4) is 0 Å². The zero-order valence-corrected chi connectivity index (χ0v) is 15.3. The van der Waals surface area contributed by atoms with Crippen molar-refractivity contribution in [2.24, 2.45) is 0 Å². The van der Waals surface area contributed by atoms with Gasteiger partial charge in [0, 0.05) is 6.61 Å². The Morgan fingerprint density at radius 3 is 2.93 bits per heavy atom. The lowest BCUT2D eigenvalue weighted by molar-refractivity contribution is 0.0462. The van der Waals surface area contributed by atoms with Crippen molar-refractivity contribution in [2.45, 2.75) is 25.6 Å². The summed E-state index contributed by atoms with van der Waals surface area (Å²) in [6.07, 6.45) is 2.22. The van der Waals surface area contributed by atoms with Gasteiger partial charge >= 0.3 is 5.97 Å². The largest absolute Gasteiger partial charge is 0.491 e. The normalized spacial score (nSPS) is 16.5. The summed E-state index contributed by atoms with van der Waals surface area (Å²) in [4.78, 5) is 31.0. The highest BCUT2D eigenvalue weighted by Crippen LogP contribution is 2.17. The molecule has 1 aliphatic rings. The molecule has 0 saturated carbocycles. The van der Waals surface area contributed by atoms with Gasteiger partial charge in [-0.15, -0.1) is 11.3 Å². The molecule has 4 rings (SSSR count). The van der Waals surface area contributed by atoms with E-state index in [-0.39, 0.29) is 18.3 Å². The Balaban J connectivity index is 1.33. The summed E-state index contributed by atoms with van der Waals surface area (Å²) in [6, 6.07) is 8.50. The fraction of sp³-hybridized carbons (Fsp3) is 0.316. The number of carbonyl (C=O) groups is 1. The van der Waals surface area contributed by atoms with Crippen LogP contribution in [0.2, 0.25) is 0 Å². The number of rotatable bonds is 6. The van der Waals surface area contributed by atoms with Gasteiger partial charge in [0.15, 0.2) is 0 Å². The monoisotopic (exact) mass is 386 g/mol. The Labute approximate surface area is 158 Å². The molecular weight excluding hydrogens is 368 g/mol. The van der Waals surface area contributed by atoms with E-state index in [0.717, 1.165) is 19.4 Å². The third-order valence-electron chi connectivity index (χ3n) is 4.25. The highest BCUT2D eigenvalue weighted by molar-refractivity contribution is 7.17. The standard InChI is InChI=1S/C19H18N2O5S/c22-18-17-15(7-9-27-17)20-16(21-18)11-26-19(23)12-3-5-13(6-4-12)25-10-14-2-1-8-24-14/h3-7,9,14H,1-2,8,10-11H2,(H,20,21,22)/t14-/m0/s1. The molecule has 1 N–H and O–H groups in total. The molecule has 0 spiro atoms. The minimum atomic E-state index is -0.492. The molecule has 1 aromatic carbocycles. The summed E-state index contributed by atoms with van der Waals surface area (Å²) in [5, 5.41) is 1.80. The molecule has 1 atom stereocenters. The molecule has 2 aromatic heterocycles. The van der Waals surface area contributed by atoms with Crippen LogP contribution in [0.15, 0.2) is 40.5 Å². The zero-order chi connectivity index (χ0) is 18.6. The van der Waals surface area contributed by atoms with E-state index in [1.807, 2.05) is 0 Å². The maximum absolute atomic E-state index is 12.2. The van der Waals surface area contributed by atoms with Crippen molar-refractivity contribution in [3.63, 3.8) is 0 Å². The second-order valence-electron chi connectivity index (χ2n) is 6.19. The second-order valence-corrected chi connectivity index (χ2v) is 7.11. The Bertz CT molecular complexity index is 989. The second kappa shape index (κ2) is 7.89. The number of hydrogen-bond acceptors (Lipinski definition) is 7. The van der Waals surface area contributed by atoms with Crippen molar-refractivity contribution >= 4 is 27.5 Å². The van der Waals surface area contributed by atoms with Crippen LogP contribution in [0.4, 0.5) is 0 Å². The number of esters is 1. The van der Waals surface area contributed by atoms with Gasteiger partial charge in [-0.3, -0.25) is 4.79 Å². The molecule has 1 aliphatic heterocycles. The first-order chi connectivity index (χ1) is 13.2. The molecule has 27 heavy (non-hydrogen) atoms. The predicted molar refractivity (Wildman–Crippen MR) is 100 cm³/mol. The van der Waals surface area contributed by atoms with Crippen molar-refractivity contribution in [2.75, 3.05) is 13.2 Å². The fourth-order valence-corrected chi connectivity index (χ4v) is 3.58. The first-order valence-corrected chi connectivity index (χ1v) is 9.55. The quantitative estimate of drug-likeness (QED) is 0.655. The molecule has 7 nitrogen and oxygen atoms in total. The van der Waals surface area contributed by atoms with Crippen molar-refractivity contribution in [3.8, 4) is 5.75 Å². The van der Waals surface area contributed by atoms with Gasteiger partial charge in [0.2, 0.25) is 0 Å². The smallest absolute Gasteiger partial charge is 0.338 e. The van der Waals surface area contributed by atoms with Gasteiger partial charge in [-0.05, 0) is 48.6 Å². The number of aromatic amines is 1. The van der Waals surface area contributed by atoms with E-state index in [9.17, 15) is 9.59 Å². The fourth-order valence-electron chi connectivity index (χ4n) is 2.86. The Morgan fingerprint density at radius 1 is 1.30 bits per heavy atom. The van der Waals surface area contributed by atoms with Crippen molar-refractivity contribution < 1.29 is 19.0 Å². The Kier molecular flexibility index (Phi) is 5.17. The maximum Gasteiger partial charge on any atom is 0.338 e. The molecule has 1 fully saturated rings. The molecule has 0 unspecified atom stereocenters. The van der Waals surface area contributed by atoms with Crippen LogP contribution in [0.25, 0.3) is 10.2 Å². The number of nitrogens with zero attached hydrogens (tertiary/aromatic N) is 1. The third-order valence-corrected chi connectivity index (χ3v) is 5.16. The predicted octanol–water partition coefficient (Wildman–Crippen LogP) is 2.90. The lowest BCUT2D eigenvalue weighted by Crippen LogP contribution is -2.16. The lowest BCUT2D eigenvalue weighted by atomic mass is 10.2. The number of carbonyl (C=O) groups excluding carboxylic acids is 1. The lowest BCUT2D eigenvalue weighted by Gasteiger charge is -2.11. The average molecular weight is 386 g/mol. The summed E-state index contributed by atoms with van der Waals surface area (Å²) in [5.74, 6) is 0.500. The molecule has 0 aliphatic carbocycles. The number of thiophene rings is 1. The molecule has 8 heteroatoms. The van der Waals surface area contributed by atoms with Crippen LogP contribution in [0.5, 0.6) is 5.75 Å². The molecule has 1 saturated heterocycles. The number of aromatic nitrogens is 2. The topological polar surface area (TPSA) is 90.5 Å². The minimum Gasteiger partial charge on any atom is -0.491 e. The van der Waals surface area contributed by atoms with E-state index < -0.39 is 5.97 Å². The first-order valence-electron chi connectivity index (χ1n) is 8.67. The van der Waals surface area contributed by atoms with Crippen molar-refractivity contribution in [1.82, 2.24) is 9.97 Å². The van der Waals surface area contributed by atoms with Gasteiger partial charge in [0.25, 0.3) is 5.56 Å². The average Bonchev–Trinajstić information content (AvgIpc) is 3.37. The summed E-state index contributed by atoms with van der Waals surface area (Å²) in [7, 11) is 0. The summed E-state index contributed by atoms with van der Waals surface area (Å²) in [5.41, 5.74) is 0.773. The highest BCUT2D eigenvalue weighted by Gasteiger charge is 2.16. The number of hydrogen-bond donors (Lipinski definition) is 1. The first kappa shape index (κ1) is 17.7. The maximum atomic E-state index is 12.2. The van der Waals surface area contributed by atoms with Crippen molar-refractivity contribution in [3.05, 3.63) is 57.5 Å². The molecule has 3 heterocycles. The van der Waals surface area contributed by atoms with Gasteiger partial charge in [0.05, 0.1) is 17.2 Å². The number of nitrogens with one attached hydrogen (secondary N) is 1. The van der Waals surface area contributed by atoms with Crippen molar-refractivity contribution in [1.29, 1.82) is 0 Å². The van der Waals surface area contributed by atoms with Crippen LogP contribution >= 0.6 is 11.3 Å². The van der Waals surface area contributed by atoms with E-state index in [1.165, 1.54) is 11.3 Å². The molecular formula is C19H18N2O5S. The van der Waals surface area contributed by atoms with Crippen LogP contribution in [0.1, 0.15) is 29.0 Å². The molecule has 0 bridgehead atoms. The van der Waals surface area contributed by atoms with Crippen LogP contribution in [-0.4, -0.2) is 35.3 Å². The SMILES string of the molecule is O=C(OCc1nc2ccsc2c(=O)[nH]1)c1ccc(OC[C@@H]2CCCO2)cc1. The van der Waals surface area contributed by atoms with E-state index in [1.54, 1.807) is 35.7 Å². The van der Waals surface area contributed by atoms with E-state index in [4.69, 9.17) is 14.2 Å². The van der Waals surface area contributed by atoms with Crippen LogP contribution in [-0.2, 0) is 16.1 Å². The molecule has 140 valence electrons. The molecule has 0 amide bonds. The Morgan fingerprint density at radius 2 is 2.15 bits per heavy atom. The summed E-state index contributed by atoms with van der Waals surface area (Å²) >= 11 is 1.32. The number of H-pyrrole nitrogens is 1. The zero-order valence-electron chi connectivity index (χ0n) is 14.5. The van der Waals surface area contributed by atoms with Gasteiger partial charge in [-0.2, -0.15) is 0 Å².